The number of benzene rings is 1. The Morgan fingerprint density at radius 1 is 1.19 bits per heavy atom. The van der Waals surface area contributed by atoms with Gasteiger partial charge in [0.1, 0.15) is 6.04 Å². The lowest BCUT2D eigenvalue weighted by atomic mass is 10.1. The third kappa shape index (κ3) is 3.09. The van der Waals surface area contributed by atoms with Crippen molar-refractivity contribution >= 4 is 23.4 Å². The van der Waals surface area contributed by atoms with Crippen LogP contribution in [-0.4, -0.2) is 43.3 Å². The number of nitrogens with one attached hydrogen (secondary N) is 1. The first-order chi connectivity index (χ1) is 9.91. The summed E-state index contributed by atoms with van der Waals surface area (Å²) in [6.45, 7) is 4.79. The van der Waals surface area contributed by atoms with Crippen LogP contribution in [0.1, 0.15) is 13.8 Å². The van der Waals surface area contributed by atoms with Crippen molar-refractivity contribution in [1.82, 2.24) is 5.32 Å². The molecule has 6 nitrogen and oxygen atoms in total. The van der Waals surface area contributed by atoms with Crippen molar-refractivity contribution in [2.24, 2.45) is 5.92 Å². The van der Waals surface area contributed by atoms with E-state index in [1.165, 1.54) is 0 Å². The molecule has 1 heterocycles. The molecule has 1 aliphatic rings. The topological polar surface area (TPSA) is 72.9 Å². The summed E-state index contributed by atoms with van der Waals surface area (Å²) in [7, 11) is 1.97. The van der Waals surface area contributed by atoms with Crippen molar-refractivity contribution in [2.75, 3.05) is 29.9 Å². The Kier molecular flexibility index (Phi) is 4.35. The highest BCUT2D eigenvalue weighted by molar-refractivity contribution is 5.98. The third-order valence-electron chi connectivity index (χ3n) is 3.70. The minimum absolute atomic E-state index is 0.172. The van der Waals surface area contributed by atoms with E-state index in [-0.39, 0.29) is 11.9 Å². The Balaban J connectivity index is 2.21. The van der Waals surface area contributed by atoms with Gasteiger partial charge in [-0.15, -0.1) is 0 Å². The Bertz CT molecular complexity index is 545. The van der Waals surface area contributed by atoms with Crippen molar-refractivity contribution in [2.45, 2.75) is 19.9 Å². The van der Waals surface area contributed by atoms with Gasteiger partial charge in [0.15, 0.2) is 0 Å². The van der Waals surface area contributed by atoms with E-state index >= 15 is 0 Å². The van der Waals surface area contributed by atoms with Gasteiger partial charge in [-0.05, 0) is 18.1 Å². The van der Waals surface area contributed by atoms with Crippen molar-refractivity contribution in [3.63, 3.8) is 0 Å². The molecule has 1 unspecified atom stereocenters. The summed E-state index contributed by atoms with van der Waals surface area (Å²) in [5.74, 6) is -1.19. The molecule has 0 aromatic heterocycles. The highest BCUT2D eigenvalue weighted by Gasteiger charge is 2.29. The molecular weight excluding hydrogens is 270 g/mol. The minimum Gasteiger partial charge on any atom is -0.480 e. The molecular formula is C15H21N3O3. The lowest BCUT2D eigenvalue weighted by Gasteiger charge is -2.36. The number of carboxylic acids is 1. The van der Waals surface area contributed by atoms with Gasteiger partial charge in [0.25, 0.3) is 0 Å². The van der Waals surface area contributed by atoms with Crippen LogP contribution in [0, 0.1) is 5.92 Å². The number of amides is 2. The van der Waals surface area contributed by atoms with Gasteiger partial charge in [-0.25, -0.2) is 9.59 Å². The molecule has 0 saturated heterocycles. The van der Waals surface area contributed by atoms with Crippen LogP contribution in [0.3, 0.4) is 0 Å². The number of para-hydroxylation sites is 2. The normalized spacial score (nSPS) is 15.6. The van der Waals surface area contributed by atoms with Crippen molar-refractivity contribution < 1.29 is 14.7 Å². The van der Waals surface area contributed by atoms with E-state index in [0.717, 1.165) is 11.4 Å². The van der Waals surface area contributed by atoms with Crippen LogP contribution in [0.4, 0.5) is 16.2 Å². The molecule has 0 radical (unpaired) electrons. The lowest BCUT2D eigenvalue weighted by molar-refractivity contribution is -0.140. The first-order valence-corrected chi connectivity index (χ1v) is 7.03. The van der Waals surface area contributed by atoms with Gasteiger partial charge >= 0.3 is 12.0 Å². The largest absolute Gasteiger partial charge is 0.480 e. The average Bonchev–Trinajstić information content (AvgIpc) is 2.44. The third-order valence-corrected chi connectivity index (χ3v) is 3.70. The second kappa shape index (κ2) is 6.03. The highest BCUT2D eigenvalue weighted by atomic mass is 16.4. The fourth-order valence-electron chi connectivity index (χ4n) is 2.44. The molecule has 2 amide bonds. The molecule has 114 valence electrons. The predicted octanol–water partition coefficient (Wildman–Crippen LogP) is 1.76. The summed E-state index contributed by atoms with van der Waals surface area (Å²) in [6.07, 6.45) is 0. The zero-order valence-electron chi connectivity index (χ0n) is 12.5. The molecule has 2 rings (SSSR count). The quantitative estimate of drug-likeness (QED) is 0.890. The zero-order valence-corrected chi connectivity index (χ0v) is 12.5. The molecule has 1 atom stereocenters. The Morgan fingerprint density at radius 2 is 1.81 bits per heavy atom. The van der Waals surface area contributed by atoms with Gasteiger partial charge in [0.05, 0.1) is 11.4 Å². The molecule has 0 spiro atoms. The van der Waals surface area contributed by atoms with E-state index in [2.05, 4.69) is 10.2 Å². The smallest absolute Gasteiger partial charge is 0.326 e. The van der Waals surface area contributed by atoms with E-state index in [4.69, 9.17) is 0 Å². The number of fused-ring (bicyclic) bond motifs is 1. The Labute approximate surface area is 124 Å². The molecule has 2 N–H and O–H groups in total. The minimum atomic E-state index is -1.01. The number of likely N-dealkylation sites (N-methyl/N-ethyl adjacent to an activating group) is 1. The number of anilines is 2. The number of urea groups is 1. The van der Waals surface area contributed by atoms with Gasteiger partial charge in [-0.2, -0.15) is 0 Å². The van der Waals surface area contributed by atoms with Crippen molar-refractivity contribution in [1.29, 1.82) is 0 Å². The van der Waals surface area contributed by atoms with Gasteiger partial charge in [-0.1, -0.05) is 26.0 Å². The van der Waals surface area contributed by atoms with Crippen LogP contribution >= 0.6 is 0 Å². The maximum Gasteiger partial charge on any atom is 0.326 e. The Hall–Kier alpha value is -2.24. The maximum absolute atomic E-state index is 12.4. The lowest BCUT2D eigenvalue weighted by Crippen LogP contribution is -2.53. The van der Waals surface area contributed by atoms with E-state index in [9.17, 15) is 14.7 Å². The van der Waals surface area contributed by atoms with Gasteiger partial charge in [-0.3, -0.25) is 4.90 Å². The zero-order chi connectivity index (χ0) is 15.6. The van der Waals surface area contributed by atoms with E-state index in [1.807, 2.05) is 31.3 Å². The average molecular weight is 291 g/mol. The second-order valence-corrected chi connectivity index (χ2v) is 5.57. The summed E-state index contributed by atoms with van der Waals surface area (Å²) in [5.41, 5.74) is 1.77. The van der Waals surface area contributed by atoms with Crippen LogP contribution in [0.5, 0.6) is 0 Å². The van der Waals surface area contributed by atoms with Crippen LogP contribution in [-0.2, 0) is 4.79 Å². The fraction of sp³-hybridized carbons (Fsp3) is 0.467. The standard InChI is InChI=1S/C15H21N3O3/c1-10(2)13(14(19)20)16-15(21)18-9-8-17(3)11-6-4-5-7-12(11)18/h4-7,10,13H,8-9H2,1-3H3,(H,16,21)(H,19,20). The maximum atomic E-state index is 12.4. The van der Waals surface area contributed by atoms with Crippen molar-refractivity contribution in [3.8, 4) is 0 Å². The summed E-state index contributed by atoms with van der Waals surface area (Å²) in [5, 5.41) is 11.8. The number of nitrogens with zero attached hydrogens (tertiary/aromatic N) is 2. The number of aliphatic carboxylic acids is 1. The molecule has 1 aromatic carbocycles. The SMILES string of the molecule is CC(C)C(NC(=O)N1CCN(C)c2ccccc21)C(=O)O. The number of hydrogen-bond donors (Lipinski definition) is 2. The van der Waals surface area contributed by atoms with Gasteiger partial charge in [0.2, 0.25) is 0 Å². The molecule has 21 heavy (non-hydrogen) atoms. The number of hydrogen-bond acceptors (Lipinski definition) is 3. The number of carboxylic acid groups (broad SMARTS) is 1. The number of carbonyl (C=O) groups excluding carboxylic acids is 1. The fourth-order valence-corrected chi connectivity index (χ4v) is 2.44. The first-order valence-electron chi connectivity index (χ1n) is 7.03. The monoisotopic (exact) mass is 291 g/mol. The number of rotatable bonds is 3. The summed E-state index contributed by atoms with van der Waals surface area (Å²) >= 11 is 0. The van der Waals surface area contributed by atoms with E-state index in [1.54, 1.807) is 18.7 Å². The van der Waals surface area contributed by atoms with Gasteiger partial charge < -0.3 is 15.3 Å². The molecule has 1 aromatic rings. The molecule has 0 aliphatic carbocycles. The molecule has 6 heteroatoms. The van der Waals surface area contributed by atoms with Crippen LogP contribution in [0.15, 0.2) is 24.3 Å². The van der Waals surface area contributed by atoms with E-state index < -0.39 is 12.0 Å². The van der Waals surface area contributed by atoms with Crippen molar-refractivity contribution in [3.05, 3.63) is 24.3 Å². The predicted molar refractivity (Wildman–Crippen MR) is 81.9 cm³/mol. The highest BCUT2D eigenvalue weighted by Crippen LogP contribution is 2.31. The summed E-state index contributed by atoms with van der Waals surface area (Å²) in [6, 6.07) is 6.36. The van der Waals surface area contributed by atoms with E-state index in [0.29, 0.717) is 13.1 Å². The van der Waals surface area contributed by atoms with Crippen LogP contribution < -0.4 is 15.1 Å². The molecule has 0 fully saturated rings. The Morgan fingerprint density at radius 3 is 2.38 bits per heavy atom. The summed E-state index contributed by atoms with van der Waals surface area (Å²) < 4.78 is 0. The first kappa shape index (κ1) is 15.2. The molecule has 0 saturated carbocycles. The number of carbonyl (C=O) groups is 2. The molecule has 0 bridgehead atoms. The van der Waals surface area contributed by atoms with Gasteiger partial charge in [0, 0.05) is 20.1 Å². The van der Waals surface area contributed by atoms with Crippen LogP contribution in [0.2, 0.25) is 0 Å². The summed E-state index contributed by atoms with van der Waals surface area (Å²) in [4.78, 5) is 27.3. The second-order valence-electron chi connectivity index (χ2n) is 5.57. The molecule has 1 aliphatic heterocycles. The van der Waals surface area contributed by atoms with Crippen LogP contribution in [0.25, 0.3) is 0 Å².